The minimum absolute atomic E-state index is 0.0786. The van der Waals surface area contributed by atoms with E-state index in [4.69, 9.17) is 5.10 Å². The number of likely N-dealkylation sites (tertiary alicyclic amines) is 2. The van der Waals surface area contributed by atoms with Crippen molar-refractivity contribution >= 4 is 5.97 Å². The molecule has 0 saturated carbocycles. The highest BCUT2D eigenvalue weighted by Crippen LogP contribution is 2.39. The van der Waals surface area contributed by atoms with Crippen molar-refractivity contribution in [3.8, 4) is 0 Å². The SMILES string of the molecule is CCn1nc(Cc2ccc(F)cc2)cc1C1CCN(CC2CN(C(C)(C)CC(=O)O)CC2c2cccc(F)c2)CC1. The molecule has 0 aliphatic carbocycles. The highest BCUT2D eigenvalue weighted by Gasteiger charge is 2.42. The number of hydrogen-bond acceptors (Lipinski definition) is 4. The number of aliphatic carboxylic acids is 1. The molecule has 2 aliphatic rings. The lowest BCUT2D eigenvalue weighted by molar-refractivity contribution is -0.139. The third-order valence-corrected chi connectivity index (χ3v) is 9.12. The largest absolute Gasteiger partial charge is 0.481 e. The summed E-state index contributed by atoms with van der Waals surface area (Å²) in [5.74, 6) is -0.352. The van der Waals surface area contributed by atoms with Crippen LogP contribution in [0.25, 0.3) is 0 Å². The number of aromatic nitrogens is 2. The zero-order chi connectivity index (χ0) is 29.1. The molecule has 0 bridgehead atoms. The summed E-state index contributed by atoms with van der Waals surface area (Å²) < 4.78 is 29.6. The van der Waals surface area contributed by atoms with Crippen LogP contribution in [0, 0.1) is 17.6 Å². The van der Waals surface area contributed by atoms with E-state index in [9.17, 15) is 18.7 Å². The summed E-state index contributed by atoms with van der Waals surface area (Å²) in [6.07, 6.45) is 2.87. The van der Waals surface area contributed by atoms with Gasteiger partial charge in [-0.3, -0.25) is 14.4 Å². The molecule has 0 amide bonds. The van der Waals surface area contributed by atoms with Gasteiger partial charge in [-0.15, -0.1) is 0 Å². The number of hydrogen-bond donors (Lipinski definition) is 1. The van der Waals surface area contributed by atoms with Crippen LogP contribution in [-0.2, 0) is 17.8 Å². The summed E-state index contributed by atoms with van der Waals surface area (Å²) in [6.45, 7) is 11.4. The molecule has 2 atom stereocenters. The van der Waals surface area contributed by atoms with Gasteiger partial charge in [0.05, 0.1) is 12.1 Å². The third-order valence-electron chi connectivity index (χ3n) is 9.12. The van der Waals surface area contributed by atoms with Crippen molar-refractivity contribution in [2.45, 2.75) is 70.4 Å². The van der Waals surface area contributed by atoms with E-state index in [2.05, 4.69) is 27.5 Å². The van der Waals surface area contributed by atoms with Gasteiger partial charge in [-0.25, -0.2) is 8.78 Å². The standard InChI is InChI=1S/C33H42F2N4O2/c1-4-39-31(18-29(36-39)16-23-8-10-27(34)11-9-23)24-12-14-37(15-13-24)20-26-21-38(33(2,3)19-32(40)41)22-30(26)25-6-5-7-28(35)17-25/h5-11,17-18,24,26,30H,4,12-16,19-22H2,1-3H3,(H,40,41). The Morgan fingerprint density at radius 1 is 1.02 bits per heavy atom. The number of aryl methyl sites for hydroxylation is 1. The van der Waals surface area contributed by atoms with Crippen LogP contribution < -0.4 is 0 Å². The molecule has 220 valence electrons. The molecule has 2 fully saturated rings. The second-order valence-electron chi connectivity index (χ2n) is 12.5. The van der Waals surface area contributed by atoms with Crippen molar-refractivity contribution < 1.29 is 18.7 Å². The van der Waals surface area contributed by atoms with E-state index < -0.39 is 11.5 Å². The molecule has 5 rings (SSSR count). The van der Waals surface area contributed by atoms with E-state index >= 15 is 0 Å². The fourth-order valence-corrected chi connectivity index (χ4v) is 6.86. The van der Waals surface area contributed by atoms with Crippen LogP contribution in [0.4, 0.5) is 8.78 Å². The normalized spacial score (nSPS) is 21.0. The zero-order valence-corrected chi connectivity index (χ0v) is 24.4. The predicted molar refractivity (Wildman–Crippen MR) is 156 cm³/mol. The van der Waals surface area contributed by atoms with Crippen molar-refractivity contribution in [1.82, 2.24) is 19.6 Å². The van der Waals surface area contributed by atoms with Crippen molar-refractivity contribution in [1.29, 1.82) is 0 Å². The zero-order valence-electron chi connectivity index (χ0n) is 24.4. The number of carboxylic acids is 1. The van der Waals surface area contributed by atoms with Gasteiger partial charge >= 0.3 is 5.97 Å². The van der Waals surface area contributed by atoms with Crippen LogP contribution in [0.15, 0.2) is 54.6 Å². The van der Waals surface area contributed by atoms with Crippen LogP contribution in [0.3, 0.4) is 0 Å². The summed E-state index contributed by atoms with van der Waals surface area (Å²) in [4.78, 5) is 16.4. The third kappa shape index (κ3) is 7.04. The van der Waals surface area contributed by atoms with Crippen LogP contribution in [0.2, 0.25) is 0 Å². The Hall–Kier alpha value is -3.10. The fraction of sp³-hybridized carbons (Fsp3) is 0.515. The smallest absolute Gasteiger partial charge is 0.305 e. The molecule has 6 nitrogen and oxygen atoms in total. The molecule has 2 saturated heterocycles. The first-order chi connectivity index (χ1) is 19.6. The maximum absolute atomic E-state index is 14.2. The number of rotatable bonds is 10. The first-order valence-corrected chi connectivity index (χ1v) is 14.9. The van der Waals surface area contributed by atoms with Gasteiger partial charge in [0.15, 0.2) is 0 Å². The molecular weight excluding hydrogens is 522 g/mol. The van der Waals surface area contributed by atoms with E-state index in [1.165, 1.54) is 23.9 Å². The number of carboxylic acid groups (broad SMARTS) is 1. The van der Waals surface area contributed by atoms with Gasteiger partial charge < -0.3 is 10.0 Å². The first-order valence-electron chi connectivity index (χ1n) is 14.9. The number of halogens is 2. The average molecular weight is 565 g/mol. The fourth-order valence-electron chi connectivity index (χ4n) is 6.86. The Balaban J connectivity index is 1.25. The van der Waals surface area contributed by atoms with Crippen LogP contribution in [-0.4, -0.2) is 68.9 Å². The molecule has 2 unspecified atom stereocenters. The molecule has 3 aromatic rings. The van der Waals surface area contributed by atoms with Crippen LogP contribution in [0.1, 0.15) is 74.4 Å². The van der Waals surface area contributed by atoms with E-state index in [-0.39, 0.29) is 24.0 Å². The van der Waals surface area contributed by atoms with E-state index in [0.29, 0.717) is 18.3 Å². The lowest BCUT2D eigenvalue weighted by atomic mass is 9.87. The van der Waals surface area contributed by atoms with Gasteiger partial charge in [0.2, 0.25) is 0 Å². The second-order valence-corrected chi connectivity index (χ2v) is 12.5. The summed E-state index contributed by atoms with van der Waals surface area (Å²) in [7, 11) is 0. The Morgan fingerprint density at radius 3 is 2.41 bits per heavy atom. The molecule has 3 heterocycles. The van der Waals surface area contributed by atoms with Gasteiger partial charge in [0.1, 0.15) is 11.6 Å². The molecule has 2 aromatic carbocycles. The number of benzene rings is 2. The lowest BCUT2D eigenvalue weighted by Gasteiger charge is -2.36. The number of carbonyl (C=O) groups is 1. The predicted octanol–water partition coefficient (Wildman–Crippen LogP) is 5.92. The monoisotopic (exact) mass is 564 g/mol. The maximum Gasteiger partial charge on any atom is 0.305 e. The summed E-state index contributed by atoms with van der Waals surface area (Å²) in [5, 5.41) is 14.4. The van der Waals surface area contributed by atoms with E-state index in [0.717, 1.165) is 68.9 Å². The lowest BCUT2D eigenvalue weighted by Crippen LogP contribution is -2.45. The van der Waals surface area contributed by atoms with E-state index in [1.54, 1.807) is 12.1 Å². The minimum atomic E-state index is -0.796. The van der Waals surface area contributed by atoms with E-state index in [1.807, 2.05) is 32.0 Å². The molecule has 0 spiro atoms. The highest BCUT2D eigenvalue weighted by atomic mass is 19.1. The molecular formula is C33H42F2N4O2. The van der Waals surface area contributed by atoms with Crippen molar-refractivity contribution in [2.75, 3.05) is 32.7 Å². The van der Waals surface area contributed by atoms with Gasteiger partial charge in [0, 0.05) is 55.7 Å². The maximum atomic E-state index is 14.2. The van der Waals surface area contributed by atoms with Crippen LogP contribution in [0.5, 0.6) is 0 Å². The van der Waals surface area contributed by atoms with Gasteiger partial charge in [-0.1, -0.05) is 24.3 Å². The topological polar surface area (TPSA) is 61.6 Å². The molecule has 8 heteroatoms. The summed E-state index contributed by atoms with van der Waals surface area (Å²) >= 11 is 0. The van der Waals surface area contributed by atoms with Gasteiger partial charge in [-0.05, 0) is 94.1 Å². The molecule has 1 aromatic heterocycles. The van der Waals surface area contributed by atoms with Crippen LogP contribution >= 0.6 is 0 Å². The number of nitrogens with zero attached hydrogens (tertiary/aromatic N) is 4. The second kappa shape index (κ2) is 12.4. The number of piperidine rings is 1. The summed E-state index contributed by atoms with van der Waals surface area (Å²) in [6, 6.07) is 15.8. The van der Waals surface area contributed by atoms with Crippen molar-refractivity contribution in [2.24, 2.45) is 5.92 Å². The van der Waals surface area contributed by atoms with Crippen molar-refractivity contribution in [3.05, 3.63) is 88.7 Å². The Bertz CT molecular complexity index is 1330. The van der Waals surface area contributed by atoms with Crippen molar-refractivity contribution in [3.63, 3.8) is 0 Å². The Kier molecular flexibility index (Phi) is 8.90. The molecule has 2 aliphatic heterocycles. The highest BCUT2D eigenvalue weighted by molar-refractivity contribution is 5.68. The Labute approximate surface area is 242 Å². The quantitative estimate of drug-likeness (QED) is 0.331. The average Bonchev–Trinajstić information content (AvgIpc) is 3.54. The summed E-state index contributed by atoms with van der Waals surface area (Å²) in [5.41, 5.74) is 3.88. The molecule has 0 radical (unpaired) electrons. The minimum Gasteiger partial charge on any atom is -0.481 e. The molecule has 41 heavy (non-hydrogen) atoms. The molecule has 1 N–H and O–H groups in total. The van der Waals surface area contributed by atoms with Gasteiger partial charge in [-0.2, -0.15) is 5.10 Å². The van der Waals surface area contributed by atoms with Gasteiger partial charge in [0.25, 0.3) is 0 Å². The Morgan fingerprint density at radius 2 is 1.76 bits per heavy atom. The first kappa shape index (κ1) is 29.4.